The second-order valence-electron chi connectivity index (χ2n) is 4.40. The van der Waals surface area contributed by atoms with Crippen molar-refractivity contribution in [1.82, 2.24) is 10.2 Å². The molecular formula is C11H24N2O. The topological polar surface area (TPSA) is 35.5 Å². The Kier molecular flexibility index (Phi) is 5.45. The molecule has 0 radical (unpaired) electrons. The van der Waals surface area contributed by atoms with Gasteiger partial charge in [0.05, 0.1) is 6.10 Å². The Morgan fingerprint density at radius 2 is 2.36 bits per heavy atom. The number of rotatable bonds is 5. The van der Waals surface area contributed by atoms with E-state index in [9.17, 15) is 5.11 Å². The zero-order valence-electron chi connectivity index (χ0n) is 9.50. The van der Waals surface area contributed by atoms with Gasteiger partial charge in [-0.05, 0) is 39.3 Å². The van der Waals surface area contributed by atoms with Crippen molar-refractivity contribution in [3.8, 4) is 0 Å². The zero-order chi connectivity index (χ0) is 10.4. The molecule has 2 atom stereocenters. The lowest BCUT2D eigenvalue weighted by molar-refractivity contribution is 0.102. The summed E-state index contributed by atoms with van der Waals surface area (Å²) in [7, 11) is 0. The summed E-state index contributed by atoms with van der Waals surface area (Å²) in [6, 6.07) is 0.641. The van der Waals surface area contributed by atoms with Gasteiger partial charge in [0.15, 0.2) is 0 Å². The number of aliphatic hydroxyl groups excluding tert-OH is 1. The lowest BCUT2D eigenvalue weighted by atomic mass is 10.1. The van der Waals surface area contributed by atoms with Gasteiger partial charge in [-0.3, -0.25) is 4.90 Å². The van der Waals surface area contributed by atoms with Gasteiger partial charge in [0, 0.05) is 19.1 Å². The largest absolute Gasteiger partial charge is 0.392 e. The van der Waals surface area contributed by atoms with Gasteiger partial charge in [-0.15, -0.1) is 0 Å². The molecule has 0 aromatic heterocycles. The highest BCUT2D eigenvalue weighted by molar-refractivity contribution is 4.78. The SMILES string of the molecule is CCCNC1CCCN(CC(C)O)C1. The molecule has 1 saturated heterocycles. The summed E-state index contributed by atoms with van der Waals surface area (Å²) in [4.78, 5) is 2.36. The van der Waals surface area contributed by atoms with Crippen LogP contribution in [0, 0.1) is 0 Å². The van der Waals surface area contributed by atoms with Gasteiger partial charge in [-0.1, -0.05) is 6.92 Å². The molecule has 0 aromatic rings. The fourth-order valence-corrected chi connectivity index (χ4v) is 2.11. The van der Waals surface area contributed by atoms with Gasteiger partial charge in [0.2, 0.25) is 0 Å². The van der Waals surface area contributed by atoms with E-state index in [0.717, 1.165) is 26.2 Å². The van der Waals surface area contributed by atoms with E-state index in [0.29, 0.717) is 6.04 Å². The number of hydrogen-bond donors (Lipinski definition) is 2. The standard InChI is InChI=1S/C11H24N2O/c1-3-6-12-11-5-4-7-13(9-11)8-10(2)14/h10-12,14H,3-9H2,1-2H3. The monoisotopic (exact) mass is 200 g/mol. The molecule has 1 aliphatic heterocycles. The number of likely N-dealkylation sites (tertiary alicyclic amines) is 1. The molecule has 0 bridgehead atoms. The summed E-state index contributed by atoms with van der Waals surface area (Å²) in [6.07, 6.45) is 3.55. The summed E-state index contributed by atoms with van der Waals surface area (Å²) in [5.41, 5.74) is 0. The molecule has 1 fully saturated rings. The molecule has 3 heteroatoms. The lowest BCUT2D eigenvalue weighted by Gasteiger charge is -2.33. The molecule has 0 aromatic carbocycles. The molecule has 1 heterocycles. The van der Waals surface area contributed by atoms with Gasteiger partial charge in [0.25, 0.3) is 0 Å². The summed E-state index contributed by atoms with van der Waals surface area (Å²) >= 11 is 0. The Morgan fingerprint density at radius 1 is 1.57 bits per heavy atom. The van der Waals surface area contributed by atoms with Crippen molar-refractivity contribution >= 4 is 0 Å². The van der Waals surface area contributed by atoms with E-state index in [-0.39, 0.29) is 6.10 Å². The molecule has 84 valence electrons. The van der Waals surface area contributed by atoms with Crippen LogP contribution in [0.5, 0.6) is 0 Å². The van der Waals surface area contributed by atoms with E-state index in [4.69, 9.17) is 0 Å². The zero-order valence-corrected chi connectivity index (χ0v) is 9.50. The smallest absolute Gasteiger partial charge is 0.0639 e. The Bertz CT molecular complexity index is 150. The minimum Gasteiger partial charge on any atom is -0.392 e. The lowest BCUT2D eigenvalue weighted by Crippen LogP contribution is -2.47. The summed E-state index contributed by atoms with van der Waals surface area (Å²) in [6.45, 7) is 8.25. The van der Waals surface area contributed by atoms with Crippen LogP contribution in [-0.2, 0) is 0 Å². The van der Waals surface area contributed by atoms with Crippen molar-refractivity contribution in [2.75, 3.05) is 26.2 Å². The Hall–Kier alpha value is -0.120. The molecule has 1 aliphatic rings. The minimum atomic E-state index is -0.195. The van der Waals surface area contributed by atoms with Crippen LogP contribution in [0.2, 0.25) is 0 Å². The Balaban J connectivity index is 2.21. The highest BCUT2D eigenvalue weighted by atomic mass is 16.3. The number of piperidine rings is 1. The number of nitrogens with one attached hydrogen (secondary N) is 1. The Labute approximate surface area is 87.5 Å². The summed E-state index contributed by atoms with van der Waals surface area (Å²) in [5, 5.41) is 12.9. The van der Waals surface area contributed by atoms with Crippen molar-refractivity contribution in [1.29, 1.82) is 0 Å². The van der Waals surface area contributed by atoms with Crippen LogP contribution in [0.4, 0.5) is 0 Å². The van der Waals surface area contributed by atoms with Crippen LogP contribution in [-0.4, -0.2) is 48.3 Å². The fraction of sp³-hybridized carbons (Fsp3) is 1.00. The third-order valence-corrected chi connectivity index (χ3v) is 2.71. The molecule has 14 heavy (non-hydrogen) atoms. The third kappa shape index (κ3) is 4.40. The third-order valence-electron chi connectivity index (χ3n) is 2.71. The van der Waals surface area contributed by atoms with Crippen molar-refractivity contribution < 1.29 is 5.11 Å². The molecular weight excluding hydrogens is 176 g/mol. The van der Waals surface area contributed by atoms with E-state index in [2.05, 4.69) is 17.1 Å². The van der Waals surface area contributed by atoms with Crippen LogP contribution in [0.25, 0.3) is 0 Å². The molecule has 2 N–H and O–H groups in total. The van der Waals surface area contributed by atoms with Gasteiger partial charge in [-0.25, -0.2) is 0 Å². The molecule has 1 rings (SSSR count). The molecule has 0 saturated carbocycles. The van der Waals surface area contributed by atoms with Crippen LogP contribution in [0.3, 0.4) is 0 Å². The second-order valence-corrected chi connectivity index (χ2v) is 4.40. The predicted octanol–water partition coefficient (Wildman–Crippen LogP) is 0.831. The Morgan fingerprint density at radius 3 is 3.00 bits per heavy atom. The first-order chi connectivity index (χ1) is 6.72. The highest BCUT2D eigenvalue weighted by Crippen LogP contribution is 2.10. The van der Waals surface area contributed by atoms with Gasteiger partial charge in [-0.2, -0.15) is 0 Å². The van der Waals surface area contributed by atoms with E-state index in [1.165, 1.54) is 19.3 Å². The number of aliphatic hydroxyl groups is 1. The number of nitrogens with zero attached hydrogens (tertiary/aromatic N) is 1. The van der Waals surface area contributed by atoms with E-state index in [1.807, 2.05) is 6.92 Å². The number of β-amino-alcohol motifs (C(OH)–C–C–N with tert-alkyl or cyclic N) is 1. The average molecular weight is 200 g/mol. The van der Waals surface area contributed by atoms with Crippen molar-refractivity contribution in [3.05, 3.63) is 0 Å². The maximum absolute atomic E-state index is 9.30. The second kappa shape index (κ2) is 6.38. The van der Waals surface area contributed by atoms with Gasteiger partial charge < -0.3 is 10.4 Å². The maximum atomic E-state index is 9.30. The van der Waals surface area contributed by atoms with Crippen LogP contribution >= 0.6 is 0 Å². The first-order valence-electron chi connectivity index (χ1n) is 5.86. The van der Waals surface area contributed by atoms with Gasteiger partial charge >= 0.3 is 0 Å². The van der Waals surface area contributed by atoms with Gasteiger partial charge in [0.1, 0.15) is 0 Å². The van der Waals surface area contributed by atoms with Crippen molar-refractivity contribution in [2.24, 2.45) is 0 Å². The molecule has 0 aliphatic carbocycles. The predicted molar refractivity (Wildman–Crippen MR) is 59.4 cm³/mol. The normalized spacial score (nSPS) is 26.4. The molecule has 0 amide bonds. The number of hydrogen-bond acceptors (Lipinski definition) is 3. The average Bonchev–Trinajstić information content (AvgIpc) is 2.14. The van der Waals surface area contributed by atoms with Crippen molar-refractivity contribution in [2.45, 2.75) is 45.3 Å². The van der Waals surface area contributed by atoms with Crippen LogP contribution in [0.15, 0.2) is 0 Å². The quantitative estimate of drug-likeness (QED) is 0.690. The molecule has 2 unspecified atom stereocenters. The van der Waals surface area contributed by atoms with Crippen LogP contribution in [0.1, 0.15) is 33.1 Å². The first kappa shape index (κ1) is 12.0. The van der Waals surface area contributed by atoms with Crippen molar-refractivity contribution in [3.63, 3.8) is 0 Å². The van der Waals surface area contributed by atoms with Crippen LogP contribution < -0.4 is 5.32 Å². The fourth-order valence-electron chi connectivity index (χ4n) is 2.11. The van der Waals surface area contributed by atoms with E-state index >= 15 is 0 Å². The highest BCUT2D eigenvalue weighted by Gasteiger charge is 2.19. The summed E-state index contributed by atoms with van der Waals surface area (Å²) < 4.78 is 0. The summed E-state index contributed by atoms with van der Waals surface area (Å²) in [5.74, 6) is 0. The maximum Gasteiger partial charge on any atom is 0.0639 e. The van der Waals surface area contributed by atoms with E-state index in [1.54, 1.807) is 0 Å². The minimum absolute atomic E-state index is 0.195. The van der Waals surface area contributed by atoms with E-state index < -0.39 is 0 Å². The first-order valence-corrected chi connectivity index (χ1v) is 5.86. The molecule has 0 spiro atoms. The molecule has 3 nitrogen and oxygen atoms in total.